The first-order chi connectivity index (χ1) is 7.18. The SMILES string of the molecule is CC(=O)CC(C)n1cnc2cncnc21. The van der Waals surface area contributed by atoms with E-state index in [2.05, 4.69) is 15.0 Å². The number of ketones is 1. The van der Waals surface area contributed by atoms with Gasteiger partial charge in [-0.25, -0.2) is 15.0 Å². The Bertz CT molecular complexity index is 491. The molecule has 1 unspecified atom stereocenters. The van der Waals surface area contributed by atoms with E-state index in [1.807, 2.05) is 11.5 Å². The Labute approximate surface area is 87.2 Å². The number of imidazole rings is 1. The van der Waals surface area contributed by atoms with Crippen LogP contribution in [0.3, 0.4) is 0 Å². The Morgan fingerprint density at radius 1 is 1.53 bits per heavy atom. The molecule has 5 heteroatoms. The lowest BCUT2D eigenvalue weighted by molar-refractivity contribution is -0.117. The zero-order chi connectivity index (χ0) is 10.8. The van der Waals surface area contributed by atoms with E-state index in [1.165, 1.54) is 6.33 Å². The van der Waals surface area contributed by atoms with Gasteiger partial charge in [-0.15, -0.1) is 0 Å². The number of carbonyl (C=O) groups excluding carboxylic acids is 1. The number of Topliss-reactive ketones (excluding diaryl/α,β-unsaturated/α-hetero) is 1. The molecule has 78 valence electrons. The smallest absolute Gasteiger partial charge is 0.163 e. The number of rotatable bonds is 3. The number of hydrogen-bond acceptors (Lipinski definition) is 4. The molecular formula is C10H12N4O. The first-order valence-electron chi connectivity index (χ1n) is 4.80. The van der Waals surface area contributed by atoms with Crippen molar-refractivity contribution in [2.45, 2.75) is 26.3 Å². The van der Waals surface area contributed by atoms with Gasteiger partial charge in [0.15, 0.2) is 5.65 Å². The van der Waals surface area contributed by atoms with Crippen molar-refractivity contribution in [1.29, 1.82) is 0 Å². The third-order valence-electron chi connectivity index (χ3n) is 2.30. The summed E-state index contributed by atoms with van der Waals surface area (Å²) in [6.07, 6.45) is 5.35. The van der Waals surface area contributed by atoms with Crippen molar-refractivity contribution in [2.75, 3.05) is 0 Å². The van der Waals surface area contributed by atoms with Crippen LogP contribution in [0.5, 0.6) is 0 Å². The molecule has 2 aromatic heterocycles. The van der Waals surface area contributed by atoms with Crippen LogP contribution in [0.15, 0.2) is 18.9 Å². The van der Waals surface area contributed by atoms with Gasteiger partial charge in [-0.2, -0.15) is 0 Å². The molecule has 2 aromatic rings. The van der Waals surface area contributed by atoms with Crippen LogP contribution >= 0.6 is 0 Å². The zero-order valence-electron chi connectivity index (χ0n) is 8.71. The van der Waals surface area contributed by atoms with Crippen molar-refractivity contribution >= 4 is 16.9 Å². The summed E-state index contributed by atoms with van der Waals surface area (Å²) in [5.74, 6) is 0.165. The average Bonchev–Trinajstić information content (AvgIpc) is 2.59. The van der Waals surface area contributed by atoms with Crippen molar-refractivity contribution in [1.82, 2.24) is 19.5 Å². The van der Waals surface area contributed by atoms with Gasteiger partial charge in [0.25, 0.3) is 0 Å². The molecular weight excluding hydrogens is 192 g/mol. The molecule has 0 saturated carbocycles. The van der Waals surface area contributed by atoms with E-state index in [4.69, 9.17) is 0 Å². The quantitative estimate of drug-likeness (QED) is 0.757. The molecule has 0 amide bonds. The Morgan fingerprint density at radius 3 is 3.07 bits per heavy atom. The van der Waals surface area contributed by atoms with Crippen LogP contribution < -0.4 is 0 Å². The molecule has 0 aliphatic carbocycles. The second-order valence-electron chi connectivity index (χ2n) is 3.64. The number of carbonyl (C=O) groups is 1. The number of hydrogen-bond donors (Lipinski definition) is 0. The summed E-state index contributed by atoms with van der Waals surface area (Å²) >= 11 is 0. The Hall–Kier alpha value is -1.78. The molecule has 5 nitrogen and oxygen atoms in total. The predicted molar refractivity (Wildman–Crippen MR) is 55.3 cm³/mol. The fourth-order valence-corrected chi connectivity index (χ4v) is 1.62. The molecule has 0 spiro atoms. The molecule has 2 heterocycles. The fraction of sp³-hybridized carbons (Fsp3) is 0.400. The standard InChI is InChI=1S/C10H12N4O/c1-7(3-8(2)15)14-6-13-9-4-11-5-12-10(9)14/h4-7H,3H2,1-2H3. The van der Waals surface area contributed by atoms with Crippen molar-refractivity contribution in [3.05, 3.63) is 18.9 Å². The maximum absolute atomic E-state index is 11.0. The second-order valence-corrected chi connectivity index (χ2v) is 3.64. The van der Waals surface area contributed by atoms with Gasteiger partial charge < -0.3 is 4.57 Å². The van der Waals surface area contributed by atoms with Crippen molar-refractivity contribution in [3.63, 3.8) is 0 Å². The van der Waals surface area contributed by atoms with E-state index in [0.717, 1.165) is 11.2 Å². The van der Waals surface area contributed by atoms with Gasteiger partial charge in [0, 0.05) is 12.5 Å². The molecule has 2 rings (SSSR count). The Balaban J connectivity index is 2.39. The number of aromatic nitrogens is 4. The lowest BCUT2D eigenvalue weighted by atomic mass is 10.2. The number of fused-ring (bicyclic) bond motifs is 1. The minimum Gasteiger partial charge on any atom is -0.312 e. The lowest BCUT2D eigenvalue weighted by Gasteiger charge is -2.11. The molecule has 0 N–H and O–H groups in total. The normalized spacial score (nSPS) is 12.9. The van der Waals surface area contributed by atoms with Crippen LogP contribution in [0, 0.1) is 0 Å². The molecule has 1 atom stereocenters. The van der Waals surface area contributed by atoms with Crippen LogP contribution in [0.2, 0.25) is 0 Å². The Kier molecular flexibility index (Phi) is 2.45. The molecule has 0 saturated heterocycles. The first-order valence-corrected chi connectivity index (χ1v) is 4.80. The van der Waals surface area contributed by atoms with E-state index in [1.54, 1.807) is 19.4 Å². The lowest BCUT2D eigenvalue weighted by Crippen LogP contribution is -2.08. The monoisotopic (exact) mass is 204 g/mol. The van der Waals surface area contributed by atoms with Gasteiger partial charge in [0.05, 0.1) is 12.5 Å². The highest BCUT2D eigenvalue weighted by Gasteiger charge is 2.11. The van der Waals surface area contributed by atoms with Crippen molar-refractivity contribution in [3.8, 4) is 0 Å². The molecule has 0 fully saturated rings. The summed E-state index contributed by atoms with van der Waals surface area (Å²) in [6, 6.07) is 0.0856. The molecule has 0 radical (unpaired) electrons. The van der Waals surface area contributed by atoms with E-state index >= 15 is 0 Å². The van der Waals surface area contributed by atoms with Crippen LogP contribution in [0.1, 0.15) is 26.3 Å². The summed E-state index contributed by atoms with van der Waals surface area (Å²) in [4.78, 5) is 23.2. The van der Waals surface area contributed by atoms with Crippen molar-refractivity contribution in [2.24, 2.45) is 0 Å². The van der Waals surface area contributed by atoms with Crippen LogP contribution in [-0.2, 0) is 4.79 Å². The maximum atomic E-state index is 11.0. The summed E-state index contributed by atoms with van der Waals surface area (Å²) in [5.41, 5.74) is 1.53. The van der Waals surface area contributed by atoms with Gasteiger partial charge in [-0.1, -0.05) is 0 Å². The Morgan fingerprint density at radius 2 is 2.33 bits per heavy atom. The van der Waals surface area contributed by atoms with Crippen LogP contribution in [-0.4, -0.2) is 25.3 Å². The van der Waals surface area contributed by atoms with Gasteiger partial charge >= 0.3 is 0 Å². The molecule has 15 heavy (non-hydrogen) atoms. The minimum atomic E-state index is 0.0856. The zero-order valence-corrected chi connectivity index (χ0v) is 8.71. The van der Waals surface area contributed by atoms with Gasteiger partial charge in [0.2, 0.25) is 0 Å². The van der Waals surface area contributed by atoms with Gasteiger partial charge in [0.1, 0.15) is 17.6 Å². The topological polar surface area (TPSA) is 60.7 Å². The highest BCUT2D eigenvalue weighted by atomic mass is 16.1. The minimum absolute atomic E-state index is 0.0856. The first kappa shape index (κ1) is 9.76. The summed E-state index contributed by atoms with van der Waals surface area (Å²) < 4.78 is 1.90. The third-order valence-corrected chi connectivity index (χ3v) is 2.30. The highest BCUT2D eigenvalue weighted by Crippen LogP contribution is 2.16. The molecule has 0 aliphatic heterocycles. The van der Waals surface area contributed by atoms with Crippen molar-refractivity contribution < 1.29 is 4.79 Å². The van der Waals surface area contributed by atoms with Gasteiger partial charge in [-0.05, 0) is 13.8 Å². The largest absolute Gasteiger partial charge is 0.312 e. The highest BCUT2D eigenvalue weighted by molar-refractivity contribution is 5.76. The second kappa shape index (κ2) is 3.76. The molecule has 0 aromatic carbocycles. The summed E-state index contributed by atoms with van der Waals surface area (Å²) in [5, 5.41) is 0. The van der Waals surface area contributed by atoms with Crippen LogP contribution in [0.25, 0.3) is 11.2 Å². The van der Waals surface area contributed by atoms with E-state index < -0.39 is 0 Å². The van der Waals surface area contributed by atoms with E-state index in [0.29, 0.717) is 6.42 Å². The molecule has 0 bridgehead atoms. The number of nitrogens with zero attached hydrogens (tertiary/aromatic N) is 4. The van der Waals surface area contributed by atoms with E-state index in [-0.39, 0.29) is 11.8 Å². The summed E-state index contributed by atoms with van der Waals surface area (Å²) in [7, 11) is 0. The van der Waals surface area contributed by atoms with E-state index in [9.17, 15) is 4.79 Å². The molecule has 0 aliphatic rings. The third kappa shape index (κ3) is 1.86. The summed E-state index contributed by atoms with van der Waals surface area (Å²) in [6.45, 7) is 3.56. The average molecular weight is 204 g/mol. The maximum Gasteiger partial charge on any atom is 0.163 e. The van der Waals surface area contributed by atoms with Gasteiger partial charge in [-0.3, -0.25) is 4.79 Å². The fourth-order valence-electron chi connectivity index (χ4n) is 1.62. The van der Waals surface area contributed by atoms with Crippen LogP contribution in [0.4, 0.5) is 0 Å². The predicted octanol–water partition coefficient (Wildman–Crippen LogP) is 1.37.